The summed E-state index contributed by atoms with van der Waals surface area (Å²) in [5.74, 6) is 2.08. The third-order valence-electron chi connectivity index (χ3n) is 3.71. The predicted molar refractivity (Wildman–Crippen MR) is 103 cm³/mol. The van der Waals surface area contributed by atoms with Crippen molar-refractivity contribution in [2.24, 2.45) is 0 Å². The van der Waals surface area contributed by atoms with E-state index in [1.807, 2.05) is 60.7 Å². The van der Waals surface area contributed by atoms with E-state index in [0.717, 1.165) is 41.5 Å². The maximum Gasteiger partial charge on any atom is 0.229 e. The Morgan fingerprint density at radius 2 is 1.72 bits per heavy atom. The predicted octanol–water partition coefficient (Wildman–Crippen LogP) is 4.72. The number of methoxy groups -OCH3 is 1. The highest BCUT2D eigenvalue weighted by atomic mass is 16.5. The van der Waals surface area contributed by atoms with Crippen molar-refractivity contribution in [2.75, 3.05) is 24.3 Å². The first kappa shape index (κ1) is 16.8. The second kappa shape index (κ2) is 8.15. The smallest absolute Gasteiger partial charge is 0.229 e. The van der Waals surface area contributed by atoms with Gasteiger partial charge in [0, 0.05) is 18.2 Å². The average Bonchev–Trinajstić information content (AvgIpc) is 2.67. The molecule has 0 saturated carbocycles. The maximum atomic E-state index is 5.39. The molecule has 1 aromatic heterocycles. The van der Waals surface area contributed by atoms with E-state index in [4.69, 9.17) is 4.74 Å². The molecule has 0 aliphatic rings. The van der Waals surface area contributed by atoms with E-state index < -0.39 is 0 Å². The number of nitrogens with zero attached hydrogens (tertiary/aromatic N) is 2. The number of nitrogens with one attached hydrogen (secondary N) is 2. The zero-order valence-corrected chi connectivity index (χ0v) is 14.5. The number of ether oxygens (including phenoxy) is 1. The topological polar surface area (TPSA) is 59.1 Å². The van der Waals surface area contributed by atoms with Crippen molar-refractivity contribution in [3.05, 3.63) is 60.7 Å². The van der Waals surface area contributed by atoms with Gasteiger partial charge >= 0.3 is 0 Å². The molecule has 3 aromatic rings. The molecule has 0 fully saturated rings. The van der Waals surface area contributed by atoms with Crippen molar-refractivity contribution in [1.82, 2.24) is 9.97 Å². The van der Waals surface area contributed by atoms with Gasteiger partial charge in [-0.1, -0.05) is 49.4 Å². The summed E-state index contributed by atoms with van der Waals surface area (Å²) < 4.78 is 5.39. The molecule has 0 aliphatic carbocycles. The summed E-state index contributed by atoms with van der Waals surface area (Å²) in [5.41, 5.74) is 2.75. The molecule has 0 spiro atoms. The molecule has 0 unspecified atom stereocenters. The monoisotopic (exact) mass is 334 g/mol. The summed E-state index contributed by atoms with van der Waals surface area (Å²) in [6.45, 7) is 2.99. The molecule has 5 heteroatoms. The summed E-state index contributed by atoms with van der Waals surface area (Å²) in [4.78, 5) is 9.24. The average molecular weight is 334 g/mol. The largest absolute Gasteiger partial charge is 0.495 e. The van der Waals surface area contributed by atoms with E-state index in [9.17, 15) is 0 Å². The molecule has 0 saturated heterocycles. The molecule has 1 heterocycles. The lowest BCUT2D eigenvalue weighted by molar-refractivity contribution is 0.417. The Morgan fingerprint density at radius 3 is 2.48 bits per heavy atom. The number of rotatable bonds is 7. The minimum absolute atomic E-state index is 0.532. The first-order valence-electron chi connectivity index (χ1n) is 8.38. The number of hydrogen-bond donors (Lipinski definition) is 2. The van der Waals surface area contributed by atoms with Crippen LogP contribution in [0.4, 0.5) is 17.5 Å². The van der Waals surface area contributed by atoms with Gasteiger partial charge in [0.1, 0.15) is 11.6 Å². The van der Waals surface area contributed by atoms with Gasteiger partial charge < -0.3 is 15.4 Å². The minimum Gasteiger partial charge on any atom is -0.495 e. The molecule has 2 N–H and O–H groups in total. The van der Waals surface area contributed by atoms with E-state index in [1.165, 1.54) is 0 Å². The first-order valence-corrected chi connectivity index (χ1v) is 8.38. The SMILES string of the molecule is CCCNc1cc(-c2ccccc2)nc(Nc2ccccc2OC)n1. The highest BCUT2D eigenvalue weighted by Gasteiger charge is 2.09. The number of anilines is 3. The normalized spacial score (nSPS) is 10.3. The van der Waals surface area contributed by atoms with Crippen LogP contribution in [0.3, 0.4) is 0 Å². The van der Waals surface area contributed by atoms with E-state index in [2.05, 4.69) is 27.5 Å². The van der Waals surface area contributed by atoms with Crippen molar-refractivity contribution in [1.29, 1.82) is 0 Å². The molecule has 128 valence electrons. The quantitative estimate of drug-likeness (QED) is 0.655. The molecular weight excluding hydrogens is 312 g/mol. The second-order valence-electron chi connectivity index (χ2n) is 5.58. The van der Waals surface area contributed by atoms with Gasteiger partial charge in [-0.3, -0.25) is 0 Å². The van der Waals surface area contributed by atoms with Gasteiger partial charge in [-0.2, -0.15) is 4.98 Å². The van der Waals surface area contributed by atoms with E-state index in [0.29, 0.717) is 5.95 Å². The maximum absolute atomic E-state index is 5.39. The Bertz CT molecular complexity index is 821. The Hall–Kier alpha value is -3.08. The van der Waals surface area contributed by atoms with Gasteiger partial charge in [0.25, 0.3) is 0 Å². The number of benzene rings is 2. The van der Waals surface area contributed by atoms with Crippen molar-refractivity contribution in [3.8, 4) is 17.0 Å². The van der Waals surface area contributed by atoms with Crippen LogP contribution < -0.4 is 15.4 Å². The molecule has 5 nitrogen and oxygen atoms in total. The number of hydrogen-bond acceptors (Lipinski definition) is 5. The Balaban J connectivity index is 1.97. The first-order chi connectivity index (χ1) is 12.3. The van der Waals surface area contributed by atoms with E-state index in [1.54, 1.807) is 7.11 Å². The van der Waals surface area contributed by atoms with E-state index in [-0.39, 0.29) is 0 Å². The van der Waals surface area contributed by atoms with Crippen molar-refractivity contribution in [3.63, 3.8) is 0 Å². The zero-order chi connectivity index (χ0) is 17.5. The van der Waals surface area contributed by atoms with Crippen LogP contribution in [-0.4, -0.2) is 23.6 Å². The van der Waals surface area contributed by atoms with Crippen LogP contribution in [0.15, 0.2) is 60.7 Å². The Kier molecular flexibility index (Phi) is 5.46. The Morgan fingerprint density at radius 1 is 0.960 bits per heavy atom. The molecule has 2 aromatic carbocycles. The van der Waals surface area contributed by atoms with Gasteiger partial charge in [-0.05, 0) is 18.6 Å². The van der Waals surface area contributed by atoms with Gasteiger partial charge in [0.15, 0.2) is 0 Å². The van der Waals surface area contributed by atoms with Crippen LogP contribution in [-0.2, 0) is 0 Å². The highest BCUT2D eigenvalue weighted by Crippen LogP contribution is 2.28. The molecule has 0 atom stereocenters. The molecular formula is C20H22N4O. The van der Waals surface area contributed by atoms with Gasteiger partial charge in [-0.15, -0.1) is 0 Å². The van der Waals surface area contributed by atoms with Crippen LogP contribution in [0.2, 0.25) is 0 Å². The van der Waals surface area contributed by atoms with Crippen LogP contribution in [0.25, 0.3) is 11.3 Å². The summed E-state index contributed by atoms with van der Waals surface area (Å²) in [6.07, 6.45) is 1.03. The summed E-state index contributed by atoms with van der Waals surface area (Å²) in [6, 6.07) is 19.8. The van der Waals surface area contributed by atoms with Crippen molar-refractivity contribution < 1.29 is 4.74 Å². The molecule has 3 rings (SSSR count). The van der Waals surface area contributed by atoms with E-state index >= 15 is 0 Å². The fourth-order valence-electron chi connectivity index (χ4n) is 2.47. The highest BCUT2D eigenvalue weighted by molar-refractivity contribution is 5.68. The van der Waals surface area contributed by atoms with Gasteiger partial charge in [-0.25, -0.2) is 4.98 Å². The molecule has 0 amide bonds. The van der Waals surface area contributed by atoms with Gasteiger partial charge in [0.2, 0.25) is 5.95 Å². The molecule has 0 aliphatic heterocycles. The summed E-state index contributed by atoms with van der Waals surface area (Å²) >= 11 is 0. The molecule has 0 radical (unpaired) electrons. The summed E-state index contributed by atoms with van der Waals surface area (Å²) in [7, 11) is 1.65. The van der Waals surface area contributed by atoms with Crippen molar-refractivity contribution >= 4 is 17.5 Å². The molecule has 0 bridgehead atoms. The lowest BCUT2D eigenvalue weighted by Gasteiger charge is -2.13. The standard InChI is InChI=1S/C20H22N4O/c1-3-13-21-19-14-17(15-9-5-4-6-10-15)23-20(24-19)22-16-11-7-8-12-18(16)25-2/h4-12,14H,3,13H2,1-2H3,(H2,21,22,23,24). The number of para-hydroxylation sites is 2. The number of aromatic nitrogens is 2. The van der Waals surface area contributed by atoms with Crippen molar-refractivity contribution in [2.45, 2.75) is 13.3 Å². The fraction of sp³-hybridized carbons (Fsp3) is 0.200. The molecule has 25 heavy (non-hydrogen) atoms. The zero-order valence-electron chi connectivity index (χ0n) is 14.5. The lowest BCUT2D eigenvalue weighted by Crippen LogP contribution is -2.06. The van der Waals surface area contributed by atoms with Gasteiger partial charge in [0.05, 0.1) is 18.5 Å². The third kappa shape index (κ3) is 4.26. The minimum atomic E-state index is 0.532. The fourth-order valence-corrected chi connectivity index (χ4v) is 2.47. The van der Waals surface area contributed by atoms with Crippen LogP contribution in [0.1, 0.15) is 13.3 Å². The van der Waals surface area contributed by atoms with Crippen LogP contribution >= 0.6 is 0 Å². The lowest BCUT2D eigenvalue weighted by atomic mass is 10.1. The third-order valence-corrected chi connectivity index (χ3v) is 3.71. The Labute approximate surface area is 148 Å². The van der Waals surface area contributed by atoms with Crippen LogP contribution in [0, 0.1) is 0 Å². The summed E-state index contributed by atoms with van der Waals surface area (Å²) in [5, 5.41) is 6.60. The van der Waals surface area contributed by atoms with Crippen LogP contribution in [0.5, 0.6) is 5.75 Å². The second-order valence-corrected chi connectivity index (χ2v) is 5.58.